The quantitative estimate of drug-likeness (QED) is 0.515. The maximum Gasteiger partial charge on any atom is 0.275 e. The van der Waals surface area contributed by atoms with Gasteiger partial charge in [-0.15, -0.1) is 0 Å². The van der Waals surface area contributed by atoms with Gasteiger partial charge in [0.1, 0.15) is 23.9 Å². The van der Waals surface area contributed by atoms with E-state index in [1.54, 1.807) is 48.5 Å². The van der Waals surface area contributed by atoms with E-state index in [4.69, 9.17) is 4.74 Å². The highest BCUT2D eigenvalue weighted by molar-refractivity contribution is 5.97. The van der Waals surface area contributed by atoms with Crippen molar-refractivity contribution in [3.8, 4) is 11.5 Å². The predicted molar refractivity (Wildman–Crippen MR) is 100 cm³/mol. The third kappa shape index (κ3) is 5.15. The van der Waals surface area contributed by atoms with Gasteiger partial charge in [0.2, 0.25) is 0 Å². The summed E-state index contributed by atoms with van der Waals surface area (Å²) in [5.41, 5.74) is 4.01. The Morgan fingerprint density at radius 1 is 1.07 bits per heavy atom. The molecule has 0 atom stereocenters. The summed E-state index contributed by atoms with van der Waals surface area (Å²) in [5.74, 6) is -0.271. The molecule has 0 unspecified atom stereocenters. The van der Waals surface area contributed by atoms with Gasteiger partial charge < -0.3 is 9.84 Å². The Morgan fingerprint density at radius 3 is 2.59 bits per heavy atom. The number of hydrazone groups is 1. The molecule has 5 nitrogen and oxygen atoms in total. The van der Waals surface area contributed by atoms with Crippen molar-refractivity contribution >= 4 is 12.1 Å². The fourth-order valence-corrected chi connectivity index (χ4v) is 2.33. The fraction of sp³-hybridized carbons (Fsp3) is 0.0476. The average Bonchev–Trinajstić information content (AvgIpc) is 2.68. The van der Waals surface area contributed by atoms with Gasteiger partial charge in [-0.05, 0) is 59.7 Å². The first-order chi connectivity index (χ1) is 13.1. The van der Waals surface area contributed by atoms with Crippen LogP contribution in [-0.2, 0) is 6.61 Å². The zero-order valence-electron chi connectivity index (χ0n) is 14.3. The highest BCUT2D eigenvalue weighted by Gasteiger charge is 2.08. The van der Waals surface area contributed by atoms with E-state index in [1.807, 2.05) is 0 Å². The minimum absolute atomic E-state index is 0.106. The molecule has 3 rings (SSSR count). The highest BCUT2D eigenvalue weighted by atomic mass is 19.1. The predicted octanol–water partition coefficient (Wildman–Crippen LogP) is 3.87. The van der Waals surface area contributed by atoms with Gasteiger partial charge in [-0.25, -0.2) is 9.82 Å². The lowest BCUT2D eigenvalue weighted by atomic mass is 10.2. The maximum atomic E-state index is 13.1. The summed E-state index contributed by atoms with van der Waals surface area (Å²) in [6, 6.07) is 19.5. The van der Waals surface area contributed by atoms with Crippen LogP contribution in [0.4, 0.5) is 4.39 Å². The van der Waals surface area contributed by atoms with Crippen LogP contribution in [0.5, 0.6) is 11.5 Å². The minimum Gasteiger partial charge on any atom is -0.507 e. The Balaban J connectivity index is 1.53. The first-order valence-electron chi connectivity index (χ1n) is 8.20. The molecule has 0 aliphatic carbocycles. The second kappa shape index (κ2) is 8.62. The Hall–Kier alpha value is -3.67. The first kappa shape index (κ1) is 18.1. The van der Waals surface area contributed by atoms with Gasteiger partial charge in [0.05, 0.1) is 11.8 Å². The SMILES string of the molecule is O=C(N/N=C\c1ccc(OCc2cccc(F)c2)cc1)c1ccccc1O. The van der Waals surface area contributed by atoms with Crippen LogP contribution in [0.3, 0.4) is 0 Å². The number of hydrogen-bond acceptors (Lipinski definition) is 4. The molecule has 3 aromatic carbocycles. The van der Waals surface area contributed by atoms with Crippen molar-refractivity contribution in [3.63, 3.8) is 0 Å². The molecule has 0 aromatic heterocycles. The van der Waals surface area contributed by atoms with E-state index < -0.39 is 5.91 Å². The van der Waals surface area contributed by atoms with Crippen molar-refractivity contribution in [2.75, 3.05) is 0 Å². The standard InChI is InChI=1S/C21H17FN2O3/c22-17-5-3-4-16(12-17)14-27-18-10-8-15(9-11-18)13-23-24-21(26)19-6-1-2-7-20(19)25/h1-13,25H,14H2,(H,24,26)/b23-13-. The van der Waals surface area contributed by atoms with Crippen LogP contribution in [0.1, 0.15) is 21.5 Å². The number of amides is 1. The zero-order valence-corrected chi connectivity index (χ0v) is 14.3. The van der Waals surface area contributed by atoms with Crippen LogP contribution in [-0.4, -0.2) is 17.2 Å². The van der Waals surface area contributed by atoms with E-state index in [2.05, 4.69) is 10.5 Å². The number of nitrogens with one attached hydrogen (secondary N) is 1. The molecule has 1 amide bonds. The Bertz CT molecular complexity index is 956. The van der Waals surface area contributed by atoms with Gasteiger partial charge in [-0.3, -0.25) is 4.79 Å². The molecule has 2 N–H and O–H groups in total. The normalized spacial score (nSPS) is 10.7. The Kier molecular flexibility index (Phi) is 5.79. The van der Waals surface area contributed by atoms with Gasteiger partial charge >= 0.3 is 0 Å². The number of aromatic hydroxyl groups is 1. The van der Waals surface area contributed by atoms with Crippen LogP contribution >= 0.6 is 0 Å². The lowest BCUT2D eigenvalue weighted by Crippen LogP contribution is -2.17. The number of rotatable bonds is 6. The second-order valence-electron chi connectivity index (χ2n) is 5.70. The number of ether oxygens (including phenoxy) is 1. The third-order valence-electron chi connectivity index (χ3n) is 3.70. The first-order valence-corrected chi connectivity index (χ1v) is 8.20. The van der Waals surface area contributed by atoms with E-state index in [1.165, 1.54) is 30.5 Å². The smallest absolute Gasteiger partial charge is 0.275 e. The van der Waals surface area contributed by atoms with Crippen LogP contribution < -0.4 is 10.2 Å². The van der Waals surface area contributed by atoms with Crippen molar-refractivity contribution in [1.29, 1.82) is 0 Å². The highest BCUT2D eigenvalue weighted by Crippen LogP contribution is 2.15. The van der Waals surface area contributed by atoms with E-state index in [0.29, 0.717) is 5.75 Å². The number of phenolic OH excluding ortho intramolecular Hbond substituents is 1. The molecular formula is C21H17FN2O3. The molecule has 0 heterocycles. The average molecular weight is 364 g/mol. The van der Waals surface area contributed by atoms with E-state index in [0.717, 1.165) is 11.1 Å². The monoisotopic (exact) mass is 364 g/mol. The summed E-state index contributed by atoms with van der Waals surface area (Å²) in [5, 5.41) is 13.5. The summed E-state index contributed by atoms with van der Waals surface area (Å²) >= 11 is 0. The minimum atomic E-state index is -0.501. The lowest BCUT2D eigenvalue weighted by Gasteiger charge is -2.06. The number of hydrogen-bond donors (Lipinski definition) is 2. The molecule has 0 fully saturated rings. The number of nitrogens with zero attached hydrogens (tertiary/aromatic N) is 1. The molecule has 0 radical (unpaired) electrons. The number of carbonyl (C=O) groups excluding carboxylic acids is 1. The molecule has 0 saturated heterocycles. The van der Waals surface area contributed by atoms with Gasteiger partial charge in [0.15, 0.2) is 0 Å². The maximum absolute atomic E-state index is 13.1. The molecule has 0 saturated carbocycles. The molecule has 0 aliphatic rings. The third-order valence-corrected chi connectivity index (χ3v) is 3.70. The zero-order chi connectivity index (χ0) is 19.1. The summed E-state index contributed by atoms with van der Waals surface area (Å²) in [7, 11) is 0. The summed E-state index contributed by atoms with van der Waals surface area (Å²) in [6.07, 6.45) is 1.48. The van der Waals surface area contributed by atoms with Gasteiger partial charge in [-0.1, -0.05) is 24.3 Å². The Morgan fingerprint density at radius 2 is 1.85 bits per heavy atom. The van der Waals surface area contributed by atoms with Crippen LogP contribution in [0, 0.1) is 5.82 Å². The fourth-order valence-electron chi connectivity index (χ4n) is 2.33. The van der Waals surface area contributed by atoms with Crippen molar-refractivity contribution in [2.24, 2.45) is 5.10 Å². The summed E-state index contributed by atoms with van der Waals surface area (Å²) < 4.78 is 18.7. The van der Waals surface area contributed by atoms with Gasteiger partial charge in [0, 0.05) is 0 Å². The lowest BCUT2D eigenvalue weighted by molar-refractivity contribution is 0.0952. The van der Waals surface area contributed by atoms with Crippen LogP contribution in [0.2, 0.25) is 0 Å². The number of carbonyl (C=O) groups is 1. The van der Waals surface area contributed by atoms with E-state index in [-0.39, 0.29) is 23.7 Å². The number of halogens is 1. The van der Waals surface area contributed by atoms with Gasteiger partial charge in [0.25, 0.3) is 5.91 Å². The molecule has 3 aromatic rings. The topological polar surface area (TPSA) is 70.9 Å². The summed E-state index contributed by atoms with van der Waals surface area (Å²) in [6.45, 7) is 0.266. The van der Waals surface area contributed by atoms with E-state index in [9.17, 15) is 14.3 Å². The van der Waals surface area contributed by atoms with Gasteiger partial charge in [-0.2, -0.15) is 5.10 Å². The van der Waals surface area contributed by atoms with E-state index >= 15 is 0 Å². The molecule has 0 aliphatic heterocycles. The molecule has 0 spiro atoms. The largest absolute Gasteiger partial charge is 0.507 e. The number of benzene rings is 3. The van der Waals surface area contributed by atoms with Crippen molar-refractivity contribution in [3.05, 3.63) is 95.3 Å². The summed E-state index contributed by atoms with van der Waals surface area (Å²) in [4.78, 5) is 11.9. The molecule has 136 valence electrons. The molecule has 6 heteroatoms. The van der Waals surface area contributed by atoms with Crippen molar-refractivity contribution < 1.29 is 19.0 Å². The molecular weight excluding hydrogens is 347 g/mol. The van der Waals surface area contributed by atoms with Crippen LogP contribution in [0.25, 0.3) is 0 Å². The Labute approximate surface area is 155 Å². The number of para-hydroxylation sites is 1. The molecule has 27 heavy (non-hydrogen) atoms. The second-order valence-corrected chi connectivity index (χ2v) is 5.70. The molecule has 0 bridgehead atoms. The number of phenols is 1. The van der Waals surface area contributed by atoms with Crippen LogP contribution in [0.15, 0.2) is 77.9 Å². The van der Waals surface area contributed by atoms with Crippen molar-refractivity contribution in [2.45, 2.75) is 6.61 Å². The van der Waals surface area contributed by atoms with Crippen molar-refractivity contribution in [1.82, 2.24) is 5.43 Å².